The Morgan fingerprint density at radius 1 is 0.292 bits per heavy atom. The average Bonchev–Trinajstić information content (AvgIpc) is 0.784. The van der Waals surface area contributed by atoms with Crippen LogP contribution < -0.4 is 74.8 Å². The summed E-state index contributed by atoms with van der Waals surface area (Å²) in [5, 5.41) is 0. The monoisotopic (exact) mass is 1330 g/mol. The van der Waals surface area contributed by atoms with Gasteiger partial charge in [0.15, 0.2) is 11.9 Å². The fourth-order valence-corrected chi connectivity index (χ4v) is 13.6. The number of quaternary nitrogens is 2. The van der Waals surface area contributed by atoms with Crippen LogP contribution in [0, 0.1) is 0 Å². The molecule has 0 atom stereocenters. The van der Waals surface area contributed by atoms with E-state index in [2.05, 4.69) is 97.7 Å². The molecule has 0 amide bonds. The van der Waals surface area contributed by atoms with Gasteiger partial charge in [0.1, 0.15) is 34.4 Å². The summed E-state index contributed by atoms with van der Waals surface area (Å²) in [6.45, 7) is 11.3. The molecule has 0 saturated carbocycles. The van der Waals surface area contributed by atoms with Gasteiger partial charge in [-0.3, -0.25) is 11.5 Å². The number of ether oxygens (including phenoxy) is 4. The summed E-state index contributed by atoms with van der Waals surface area (Å²) < 4.78 is 29.0. The van der Waals surface area contributed by atoms with Crippen molar-refractivity contribution in [3.63, 3.8) is 0 Å². The molecule has 536 valence electrons. The lowest BCUT2D eigenvalue weighted by Crippen LogP contribution is -2.85. The molecule has 0 fully saturated rings. The van der Waals surface area contributed by atoms with Crippen molar-refractivity contribution >= 4 is 46.6 Å². The van der Waals surface area contributed by atoms with Crippen LogP contribution in [0.25, 0.3) is 0 Å². The molecule has 0 spiro atoms. The Morgan fingerprint density at radius 2 is 0.469 bits per heavy atom. The zero-order valence-corrected chi connectivity index (χ0v) is 61.0. The molecule has 1 aliphatic rings. The zero-order valence-electron chi connectivity index (χ0n) is 61.0. The summed E-state index contributed by atoms with van der Waals surface area (Å²) in [7, 11) is 0. The quantitative estimate of drug-likeness (QED) is 0.00997. The number of aliphatic imine (C=N–C) groups is 2. The van der Waals surface area contributed by atoms with Gasteiger partial charge in [-0.15, -0.1) is 0 Å². The smallest absolute Gasteiger partial charge is 0.439 e. The van der Waals surface area contributed by atoms with Crippen molar-refractivity contribution < 1.29 is 40.4 Å². The number of unbranched alkanes of at least 4 members (excludes halogenated alkanes) is 36. The highest BCUT2D eigenvalue weighted by Gasteiger charge is 2.26. The topological polar surface area (TPSA) is 301 Å². The second-order valence-corrected chi connectivity index (χ2v) is 27.6. The Bertz CT molecular complexity index is 2440. The van der Waals surface area contributed by atoms with Gasteiger partial charge in [0.2, 0.25) is 0 Å². The third kappa shape index (κ3) is 32.7. The summed E-state index contributed by atoms with van der Waals surface area (Å²) in [6.07, 6.45) is 50.5. The van der Waals surface area contributed by atoms with Crippen molar-refractivity contribution in [3.8, 4) is 23.0 Å². The number of hydrogen-bond donors (Lipinski definition) is 10. The SMILES string of the molecule is CCCCCCCCCCCCOc1c2cc(N=C(N)N)cc1Cc1cc([NH+]=C(N)[NH3+])cc(c1OCCCCCCCCCCCC)Cc1cc([NH+]=C(N)[NH3+])cc(c1OCCCCCCCCCCCC)Cc1cc(N=C(N)N)cc(c1OCCCCCCCCCCCC)C2. The van der Waals surface area contributed by atoms with Crippen molar-refractivity contribution in [1.29, 1.82) is 0 Å². The molecule has 1 aliphatic carbocycles. The second kappa shape index (κ2) is 49.1. The van der Waals surface area contributed by atoms with Gasteiger partial charge in [-0.25, -0.2) is 21.5 Å². The Morgan fingerprint density at radius 3 is 0.646 bits per heavy atom. The summed E-state index contributed by atoms with van der Waals surface area (Å²) in [6, 6.07) is 16.9. The molecule has 0 heterocycles. The van der Waals surface area contributed by atoms with E-state index in [1.54, 1.807) is 0 Å². The molecular weight excluding hydrogens is 1190 g/mol. The van der Waals surface area contributed by atoms with Crippen LogP contribution in [-0.2, 0) is 25.7 Å². The first-order chi connectivity index (χ1) is 46.8. The van der Waals surface area contributed by atoms with E-state index in [9.17, 15) is 0 Å². The number of hydrogen-bond acceptors (Lipinski definition) is 6. The first kappa shape index (κ1) is 80.2. The number of rotatable bonds is 52. The van der Waals surface area contributed by atoms with E-state index in [-0.39, 0.29) is 11.9 Å². The van der Waals surface area contributed by atoms with Gasteiger partial charge in [-0.05, 0) is 74.2 Å². The van der Waals surface area contributed by atoms with E-state index >= 15 is 0 Å². The second-order valence-electron chi connectivity index (χ2n) is 27.6. The number of guanidine groups is 4. The largest absolute Gasteiger partial charge is 0.493 e. The minimum absolute atomic E-state index is 0.0412. The highest BCUT2D eigenvalue weighted by Crippen LogP contribution is 2.43. The van der Waals surface area contributed by atoms with E-state index < -0.39 is 0 Å². The average molecular weight is 1330 g/mol. The van der Waals surface area contributed by atoms with Crippen LogP contribution in [0.4, 0.5) is 22.7 Å². The van der Waals surface area contributed by atoms with E-state index in [0.29, 0.717) is 75.4 Å². The molecule has 8 bridgehead atoms. The summed E-state index contributed by atoms with van der Waals surface area (Å²) >= 11 is 0. The molecule has 5 rings (SSSR count). The van der Waals surface area contributed by atoms with Crippen molar-refractivity contribution in [2.45, 2.75) is 310 Å². The number of nitrogens with one attached hydrogen (secondary N) is 2. The van der Waals surface area contributed by atoms with Gasteiger partial charge in [-0.2, -0.15) is 9.98 Å². The number of fused-ring (bicyclic) bond motifs is 8. The van der Waals surface area contributed by atoms with Crippen molar-refractivity contribution in [2.24, 2.45) is 44.4 Å². The van der Waals surface area contributed by atoms with Crippen molar-refractivity contribution in [1.82, 2.24) is 0 Å². The Hall–Kier alpha value is -6.52. The van der Waals surface area contributed by atoms with Crippen molar-refractivity contribution in [2.75, 3.05) is 26.4 Å². The van der Waals surface area contributed by atoms with Gasteiger partial charge in [-0.1, -0.05) is 259 Å². The fourth-order valence-electron chi connectivity index (χ4n) is 13.6. The van der Waals surface area contributed by atoms with E-state index in [1.807, 2.05) is 0 Å². The fraction of sp³-hybridized carbons (Fsp3) is 0.650. The van der Waals surface area contributed by atoms with Crippen LogP contribution in [0.15, 0.2) is 58.5 Å². The third-order valence-electron chi connectivity index (χ3n) is 18.6. The summed E-state index contributed by atoms with van der Waals surface area (Å²) in [5.41, 5.74) is 56.6. The highest BCUT2D eigenvalue weighted by atomic mass is 16.5. The minimum Gasteiger partial charge on any atom is -0.493 e. The summed E-state index contributed by atoms with van der Waals surface area (Å²) in [4.78, 5) is 16.4. The Kier molecular flexibility index (Phi) is 41.0. The Labute approximate surface area is 581 Å². The maximum atomic E-state index is 7.26. The molecule has 96 heavy (non-hydrogen) atoms. The zero-order chi connectivity index (χ0) is 68.8. The highest BCUT2D eigenvalue weighted by molar-refractivity contribution is 5.80. The lowest BCUT2D eigenvalue weighted by atomic mass is 9.90. The van der Waals surface area contributed by atoms with E-state index in [4.69, 9.17) is 63.3 Å². The maximum absolute atomic E-state index is 7.26. The number of nitrogens with zero attached hydrogens (tertiary/aromatic N) is 2. The first-order valence-corrected chi connectivity index (χ1v) is 38.6. The van der Waals surface area contributed by atoms with Gasteiger partial charge in [0.05, 0.1) is 37.8 Å². The van der Waals surface area contributed by atoms with Crippen LogP contribution in [0.3, 0.4) is 0 Å². The van der Waals surface area contributed by atoms with Gasteiger partial charge < -0.3 is 41.9 Å². The predicted octanol–water partition coefficient (Wildman–Crippen LogP) is 13.9. The van der Waals surface area contributed by atoms with Crippen LogP contribution in [0.2, 0.25) is 0 Å². The maximum Gasteiger partial charge on any atom is 0.439 e. The molecule has 20 N–H and O–H groups in total. The van der Waals surface area contributed by atoms with Crippen LogP contribution in [0.1, 0.15) is 329 Å². The molecular formula is C80H136N12O4+4. The molecule has 0 radical (unpaired) electrons. The van der Waals surface area contributed by atoms with Crippen LogP contribution in [-0.4, -0.2) is 50.3 Å². The minimum atomic E-state index is -0.0412. The van der Waals surface area contributed by atoms with E-state index in [0.717, 1.165) is 130 Å². The molecule has 4 aromatic carbocycles. The summed E-state index contributed by atoms with van der Waals surface area (Å²) in [5.74, 6) is 3.73. The van der Waals surface area contributed by atoms with E-state index in [1.165, 1.54) is 205 Å². The lowest BCUT2D eigenvalue weighted by Gasteiger charge is -2.24. The van der Waals surface area contributed by atoms with Gasteiger partial charge in [0.25, 0.3) is 0 Å². The number of nitrogens with two attached hydrogens (primary N) is 6. The lowest BCUT2D eigenvalue weighted by molar-refractivity contribution is -0.427. The first-order valence-electron chi connectivity index (χ1n) is 38.6. The molecule has 16 nitrogen and oxygen atoms in total. The molecule has 0 aliphatic heterocycles. The predicted molar refractivity (Wildman–Crippen MR) is 403 cm³/mol. The normalized spacial score (nSPS) is 12.4. The van der Waals surface area contributed by atoms with Crippen LogP contribution >= 0.6 is 0 Å². The molecule has 0 saturated heterocycles. The standard InChI is InChI=1S/C80H132N12O4/c1-5-9-13-17-21-25-29-33-37-41-45-93-73-61-49-63-55-70(90-78(83)84)57-65(74(63)94-46-42-38-34-30-26-22-18-14-10-6-2)51-67-59-72(92-80(87)88)60-68(76(67)96-48-44-40-36-32-28-24-20-16-12-8-4)52-66-58-71(91-79(85)86)56-64(50-62(73)54-69(53-61)89-77(81)82)75(66)95-47-43-39-35-31-27-23-19-15-11-7-3/h53-60H,5-52H2,1-4H3,(H4,81,82,89)(H4,83,84,90)(H4,85,86,91)(H4,87,88,92)/p+4. The number of benzene rings is 4. The van der Waals surface area contributed by atoms with Crippen LogP contribution in [0.5, 0.6) is 23.0 Å². The molecule has 16 heteroatoms. The van der Waals surface area contributed by atoms with Crippen molar-refractivity contribution in [3.05, 3.63) is 93.0 Å². The molecule has 4 aromatic rings. The van der Waals surface area contributed by atoms with Gasteiger partial charge >= 0.3 is 11.9 Å². The Balaban J connectivity index is 1.74. The molecule has 0 unspecified atom stereocenters. The van der Waals surface area contributed by atoms with Gasteiger partial charge in [0, 0.05) is 70.2 Å². The molecule has 0 aromatic heterocycles. The third-order valence-corrected chi connectivity index (χ3v) is 18.6.